The summed E-state index contributed by atoms with van der Waals surface area (Å²) in [5, 5.41) is 0.214. The van der Waals surface area contributed by atoms with Crippen LogP contribution in [-0.4, -0.2) is 12.6 Å². The lowest BCUT2D eigenvalue weighted by Gasteiger charge is -2.16. The Bertz CT molecular complexity index is 749. The van der Waals surface area contributed by atoms with Crippen molar-refractivity contribution in [2.75, 3.05) is 6.61 Å². The van der Waals surface area contributed by atoms with Crippen LogP contribution in [0.15, 0.2) is 30.3 Å². The zero-order valence-corrected chi connectivity index (χ0v) is 15.4. The molecule has 136 valence electrons. The van der Waals surface area contributed by atoms with E-state index in [9.17, 15) is 13.6 Å². The molecule has 0 saturated carbocycles. The van der Waals surface area contributed by atoms with E-state index in [0.29, 0.717) is 11.1 Å². The van der Waals surface area contributed by atoms with E-state index >= 15 is 0 Å². The molecule has 0 aliphatic carbocycles. The second kappa shape index (κ2) is 9.13. The molecule has 2 rings (SSSR count). The second-order valence-electron chi connectivity index (χ2n) is 5.41. The van der Waals surface area contributed by atoms with Gasteiger partial charge in [0.1, 0.15) is 11.6 Å². The lowest BCUT2D eigenvalue weighted by atomic mass is 9.95. The highest BCUT2D eigenvalue weighted by molar-refractivity contribution is 6.33. The van der Waals surface area contributed by atoms with Crippen LogP contribution in [-0.2, 0) is 9.53 Å². The van der Waals surface area contributed by atoms with E-state index in [1.165, 1.54) is 24.3 Å². The normalized spacial score (nSPS) is 11.6. The third-order valence-corrected chi connectivity index (χ3v) is 3.94. The van der Waals surface area contributed by atoms with Gasteiger partial charge in [-0.2, -0.15) is 0 Å². The molecule has 0 spiro atoms. The summed E-state index contributed by atoms with van der Waals surface area (Å²) in [5.41, 5.74) is 6.95. The number of esters is 1. The zero-order chi connectivity index (χ0) is 17.9. The number of ether oxygens (including phenoxy) is 1. The van der Waals surface area contributed by atoms with Gasteiger partial charge >= 0.3 is 5.97 Å². The number of carbonyl (C=O) groups is 1. The molecule has 0 fully saturated rings. The Morgan fingerprint density at radius 1 is 1.32 bits per heavy atom. The Labute approximate surface area is 156 Å². The maximum Gasteiger partial charge on any atom is 0.307 e. The van der Waals surface area contributed by atoms with E-state index < -0.39 is 23.6 Å². The van der Waals surface area contributed by atoms with Crippen LogP contribution >= 0.6 is 24.0 Å². The van der Waals surface area contributed by atoms with Gasteiger partial charge in [0, 0.05) is 17.2 Å². The van der Waals surface area contributed by atoms with Gasteiger partial charge in [-0.3, -0.25) is 4.79 Å². The van der Waals surface area contributed by atoms with Crippen LogP contribution in [0.25, 0.3) is 11.1 Å². The molecule has 0 unspecified atom stereocenters. The van der Waals surface area contributed by atoms with Crippen molar-refractivity contribution in [2.45, 2.75) is 26.3 Å². The molecule has 0 amide bonds. The monoisotopic (exact) mass is 389 g/mol. The smallest absolute Gasteiger partial charge is 0.307 e. The molecule has 0 aliphatic heterocycles. The van der Waals surface area contributed by atoms with Gasteiger partial charge in [-0.1, -0.05) is 17.7 Å². The summed E-state index contributed by atoms with van der Waals surface area (Å²) >= 11 is 6.07. The van der Waals surface area contributed by atoms with E-state index in [-0.39, 0.29) is 41.6 Å². The molecule has 3 nitrogen and oxygen atoms in total. The number of hydrogen-bond donors (Lipinski definition) is 1. The molecule has 0 radical (unpaired) electrons. The summed E-state index contributed by atoms with van der Waals surface area (Å²) in [7, 11) is 0. The third-order valence-electron chi connectivity index (χ3n) is 3.63. The summed E-state index contributed by atoms with van der Waals surface area (Å²) < 4.78 is 33.4. The van der Waals surface area contributed by atoms with Gasteiger partial charge in [0.2, 0.25) is 0 Å². The first-order valence-corrected chi connectivity index (χ1v) is 7.88. The van der Waals surface area contributed by atoms with Crippen LogP contribution in [0.5, 0.6) is 0 Å². The predicted molar refractivity (Wildman–Crippen MR) is 97.0 cm³/mol. The summed E-state index contributed by atoms with van der Waals surface area (Å²) in [5.74, 6) is -1.56. The first-order valence-electron chi connectivity index (χ1n) is 7.50. The predicted octanol–water partition coefficient (Wildman–Crippen LogP) is 4.97. The van der Waals surface area contributed by atoms with Crippen LogP contribution in [0.2, 0.25) is 5.02 Å². The van der Waals surface area contributed by atoms with Crippen molar-refractivity contribution in [3.05, 3.63) is 58.1 Å². The van der Waals surface area contributed by atoms with Gasteiger partial charge in [0.15, 0.2) is 0 Å². The van der Waals surface area contributed by atoms with E-state index in [0.717, 1.165) is 0 Å². The molecule has 0 aliphatic rings. The number of benzene rings is 2. The fraction of sp³-hybridized carbons (Fsp3) is 0.278. The molecule has 0 heterocycles. The van der Waals surface area contributed by atoms with Gasteiger partial charge in [0.05, 0.1) is 18.1 Å². The lowest BCUT2D eigenvalue weighted by Crippen LogP contribution is -2.19. The molecule has 1 atom stereocenters. The van der Waals surface area contributed by atoms with Crippen molar-refractivity contribution in [1.82, 2.24) is 0 Å². The minimum Gasteiger partial charge on any atom is -0.466 e. The van der Waals surface area contributed by atoms with Crippen molar-refractivity contribution in [3.8, 4) is 11.1 Å². The van der Waals surface area contributed by atoms with Crippen LogP contribution in [0.1, 0.15) is 30.5 Å². The van der Waals surface area contributed by atoms with E-state index in [4.69, 9.17) is 22.1 Å². The Morgan fingerprint density at radius 2 is 2.00 bits per heavy atom. The average Bonchev–Trinajstić information content (AvgIpc) is 2.50. The highest BCUT2D eigenvalue weighted by Crippen LogP contribution is 2.34. The molecule has 0 bridgehead atoms. The maximum atomic E-state index is 14.4. The molecule has 7 heteroatoms. The summed E-state index contributed by atoms with van der Waals surface area (Å²) in [6, 6.07) is 6.35. The van der Waals surface area contributed by atoms with Gasteiger partial charge in [0.25, 0.3) is 0 Å². The molecular weight excluding hydrogens is 371 g/mol. The minimum absolute atomic E-state index is 0. The molecule has 2 aromatic carbocycles. The number of nitrogens with two attached hydrogens (primary N) is 1. The fourth-order valence-electron chi connectivity index (χ4n) is 2.49. The van der Waals surface area contributed by atoms with Crippen molar-refractivity contribution >= 4 is 30.0 Å². The van der Waals surface area contributed by atoms with E-state index in [2.05, 4.69) is 0 Å². The standard InChI is InChI=1S/C18H18ClF2NO2.ClH/c1-3-24-16(23)9-15(22)12-8-11(7-10(2)18(12)21)17-13(19)5-4-6-14(17)20;/h4-8,15H,3,9,22H2,1-2H3;1H/t15-;/m0./s1. The van der Waals surface area contributed by atoms with Gasteiger partial charge in [-0.25, -0.2) is 8.78 Å². The van der Waals surface area contributed by atoms with E-state index in [1.807, 2.05) is 0 Å². The molecule has 0 aromatic heterocycles. The average molecular weight is 390 g/mol. The molecule has 25 heavy (non-hydrogen) atoms. The maximum absolute atomic E-state index is 14.4. The highest BCUT2D eigenvalue weighted by Gasteiger charge is 2.20. The van der Waals surface area contributed by atoms with Crippen LogP contribution < -0.4 is 5.73 Å². The van der Waals surface area contributed by atoms with Crippen molar-refractivity contribution in [1.29, 1.82) is 0 Å². The number of aryl methyl sites for hydroxylation is 1. The first kappa shape index (κ1) is 21.4. The first-order chi connectivity index (χ1) is 11.3. The molecule has 0 saturated heterocycles. The Morgan fingerprint density at radius 3 is 2.60 bits per heavy atom. The van der Waals surface area contributed by atoms with E-state index in [1.54, 1.807) is 19.9 Å². The van der Waals surface area contributed by atoms with Crippen molar-refractivity contribution < 1.29 is 18.3 Å². The fourth-order valence-corrected chi connectivity index (χ4v) is 2.77. The Kier molecular flexibility index (Phi) is 7.80. The van der Waals surface area contributed by atoms with Gasteiger partial charge < -0.3 is 10.5 Å². The highest BCUT2D eigenvalue weighted by atomic mass is 35.5. The quantitative estimate of drug-likeness (QED) is 0.734. The Balaban J connectivity index is 0.00000312. The largest absolute Gasteiger partial charge is 0.466 e. The topological polar surface area (TPSA) is 52.3 Å². The molecule has 2 aromatic rings. The second-order valence-corrected chi connectivity index (χ2v) is 5.82. The van der Waals surface area contributed by atoms with Crippen LogP contribution in [0, 0.1) is 18.6 Å². The molecule has 2 N–H and O–H groups in total. The van der Waals surface area contributed by atoms with Crippen LogP contribution in [0.3, 0.4) is 0 Å². The van der Waals surface area contributed by atoms with Gasteiger partial charge in [-0.15, -0.1) is 12.4 Å². The Hall–Kier alpha value is -1.69. The number of halogens is 4. The number of carbonyl (C=O) groups excluding carboxylic acids is 1. The van der Waals surface area contributed by atoms with Crippen molar-refractivity contribution in [3.63, 3.8) is 0 Å². The summed E-state index contributed by atoms with van der Waals surface area (Å²) in [4.78, 5) is 11.6. The minimum atomic E-state index is -0.895. The third kappa shape index (κ3) is 4.91. The summed E-state index contributed by atoms with van der Waals surface area (Å²) in [6.07, 6.45) is -0.168. The van der Waals surface area contributed by atoms with Crippen LogP contribution in [0.4, 0.5) is 8.78 Å². The number of hydrogen-bond acceptors (Lipinski definition) is 3. The number of rotatable bonds is 5. The molecular formula is C18H19Cl2F2NO2. The SMILES string of the molecule is CCOC(=O)C[C@H](N)c1cc(-c2c(F)cccc2Cl)cc(C)c1F.Cl. The zero-order valence-electron chi connectivity index (χ0n) is 13.8. The lowest BCUT2D eigenvalue weighted by molar-refractivity contribution is -0.143. The van der Waals surface area contributed by atoms with Crippen molar-refractivity contribution in [2.24, 2.45) is 5.73 Å². The van der Waals surface area contributed by atoms with Gasteiger partial charge in [-0.05, 0) is 49.2 Å². The summed E-state index contributed by atoms with van der Waals surface area (Å²) in [6.45, 7) is 3.45.